The summed E-state index contributed by atoms with van der Waals surface area (Å²) in [6.07, 6.45) is 3.20. The molecule has 1 aliphatic carbocycles. The molecule has 1 aromatic heterocycles. The third-order valence-corrected chi connectivity index (χ3v) is 5.13. The molecule has 0 saturated heterocycles. The number of hydrogen-bond acceptors (Lipinski definition) is 4. The molecule has 4 heteroatoms. The van der Waals surface area contributed by atoms with E-state index >= 15 is 0 Å². The number of hydrogen-bond donors (Lipinski definition) is 0. The van der Waals surface area contributed by atoms with Crippen molar-refractivity contribution in [1.82, 2.24) is 9.59 Å². The lowest BCUT2D eigenvalue weighted by atomic mass is 9.73. The Morgan fingerprint density at radius 2 is 1.89 bits per heavy atom. The largest absolute Gasteiger partial charge is 0.293 e. The maximum Gasteiger partial charge on any atom is 0.179 e. The second-order valence-electron chi connectivity index (χ2n) is 7.03. The summed E-state index contributed by atoms with van der Waals surface area (Å²) in [5.41, 5.74) is 0.764. The van der Waals surface area contributed by atoms with Crippen LogP contribution in [0.1, 0.15) is 69.2 Å². The Bertz CT molecular complexity index is 461. The first-order valence-corrected chi connectivity index (χ1v) is 7.95. The summed E-state index contributed by atoms with van der Waals surface area (Å²) in [5.74, 6) is 1.83. The van der Waals surface area contributed by atoms with Crippen molar-refractivity contribution in [2.45, 2.75) is 59.3 Å². The van der Waals surface area contributed by atoms with Gasteiger partial charge in [0.25, 0.3) is 0 Å². The molecule has 1 heterocycles. The van der Waals surface area contributed by atoms with Gasteiger partial charge in [0.1, 0.15) is 4.88 Å². The molecular formula is C15H24N2OS. The van der Waals surface area contributed by atoms with Gasteiger partial charge in [0.05, 0.1) is 5.69 Å². The first-order valence-electron chi connectivity index (χ1n) is 7.17. The molecule has 106 valence electrons. The summed E-state index contributed by atoms with van der Waals surface area (Å²) in [4.78, 5) is 13.5. The zero-order valence-corrected chi connectivity index (χ0v) is 13.4. The fourth-order valence-electron chi connectivity index (χ4n) is 2.81. The van der Waals surface area contributed by atoms with Crippen molar-refractivity contribution in [2.24, 2.45) is 17.8 Å². The SMILES string of the molecule is CC1CCC(C(=O)c2snnc2C(C)(C)C)CC1C. The van der Waals surface area contributed by atoms with E-state index in [4.69, 9.17) is 0 Å². The number of Topliss-reactive ketones (excluding diaryl/α,β-unsaturated/α-hetero) is 1. The van der Waals surface area contributed by atoms with Crippen molar-refractivity contribution < 1.29 is 4.79 Å². The van der Waals surface area contributed by atoms with Crippen LogP contribution in [-0.4, -0.2) is 15.4 Å². The molecule has 3 atom stereocenters. The highest BCUT2D eigenvalue weighted by Gasteiger charge is 2.34. The molecule has 0 N–H and O–H groups in total. The number of nitrogens with zero attached hydrogens (tertiary/aromatic N) is 2. The molecule has 0 aromatic carbocycles. The highest BCUT2D eigenvalue weighted by atomic mass is 32.1. The van der Waals surface area contributed by atoms with Crippen molar-refractivity contribution >= 4 is 17.3 Å². The smallest absolute Gasteiger partial charge is 0.179 e. The van der Waals surface area contributed by atoms with Gasteiger partial charge >= 0.3 is 0 Å². The molecule has 1 saturated carbocycles. The van der Waals surface area contributed by atoms with Gasteiger partial charge in [-0.15, -0.1) is 5.10 Å². The third kappa shape index (κ3) is 3.04. The van der Waals surface area contributed by atoms with Crippen molar-refractivity contribution in [3.05, 3.63) is 10.6 Å². The molecule has 0 bridgehead atoms. The maximum absolute atomic E-state index is 12.7. The predicted molar refractivity (Wildman–Crippen MR) is 78.6 cm³/mol. The number of aromatic nitrogens is 2. The summed E-state index contributed by atoms with van der Waals surface area (Å²) in [5, 5.41) is 4.19. The molecule has 1 aromatic rings. The van der Waals surface area contributed by atoms with E-state index in [0.717, 1.165) is 35.8 Å². The average Bonchev–Trinajstić information content (AvgIpc) is 2.80. The third-order valence-electron chi connectivity index (χ3n) is 4.39. The van der Waals surface area contributed by atoms with Gasteiger partial charge in [-0.25, -0.2) is 0 Å². The van der Waals surface area contributed by atoms with Gasteiger partial charge in [-0.2, -0.15) is 0 Å². The minimum atomic E-state index is -0.106. The second-order valence-corrected chi connectivity index (χ2v) is 7.78. The molecule has 0 amide bonds. The van der Waals surface area contributed by atoms with Gasteiger partial charge in [0.2, 0.25) is 0 Å². The zero-order chi connectivity index (χ0) is 14.2. The van der Waals surface area contributed by atoms with Crippen molar-refractivity contribution in [3.63, 3.8) is 0 Å². The molecular weight excluding hydrogens is 256 g/mol. The highest BCUT2D eigenvalue weighted by Crippen LogP contribution is 2.37. The minimum absolute atomic E-state index is 0.106. The number of carbonyl (C=O) groups excluding carboxylic acids is 1. The number of carbonyl (C=O) groups is 1. The second kappa shape index (κ2) is 5.31. The topological polar surface area (TPSA) is 42.9 Å². The van der Waals surface area contributed by atoms with E-state index in [9.17, 15) is 4.79 Å². The van der Waals surface area contributed by atoms with Crippen LogP contribution in [0.4, 0.5) is 0 Å². The van der Waals surface area contributed by atoms with Crippen LogP contribution in [-0.2, 0) is 5.41 Å². The monoisotopic (exact) mass is 280 g/mol. The van der Waals surface area contributed by atoms with Crippen LogP contribution in [0, 0.1) is 17.8 Å². The number of rotatable bonds is 2. The van der Waals surface area contributed by atoms with E-state index in [2.05, 4.69) is 44.2 Å². The van der Waals surface area contributed by atoms with E-state index in [1.165, 1.54) is 11.5 Å². The Morgan fingerprint density at radius 1 is 1.21 bits per heavy atom. The molecule has 1 fully saturated rings. The van der Waals surface area contributed by atoms with Gasteiger partial charge in [0.15, 0.2) is 5.78 Å². The molecule has 0 aliphatic heterocycles. The summed E-state index contributed by atoms with van der Waals surface area (Å²) in [6.45, 7) is 10.8. The molecule has 19 heavy (non-hydrogen) atoms. The molecule has 2 rings (SSSR count). The average molecular weight is 280 g/mol. The van der Waals surface area contributed by atoms with Crippen LogP contribution in [0.2, 0.25) is 0 Å². The lowest BCUT2D eigenvalue weighted by Gasteiger charge is -2.31. The van der Waals surface area contributed by atoms with Gasteiger partial charge < -0.3 is 0 Å². The lowest BCUT2D eigenvalue weighted by Crippen LogP contribution is -2.27. The van der Waals surface area contributed by atoms with Gasteiger partial charge in [-0.1, -0.05) is 39.1 Å². The van der Waals surface area contributed by atoms with E-state index in [1.807, 2.05) is 0 Å². The molecule has 3 nitrogen and oxygen atoms in total. The molecule has 0 spiro atoms. The lowest BCUT2D eigenvalue weighted by molar-refractivity contribution is 0.0839. The van der Waals surface area contributed by atoms with Gasteiger partial charge in [-0.05, 0) is 42.6 Å². The van der Waals surface area contributed by atoms with E-state index in [1.54, 1.807) is 0 Å². The van der Waals surface area contributed by atoms with Crippen LogP contribution < -0.4 is 0 Å². The van der Waals surface area contributed by atoms with Crippen LogP contribution in [0.3, 0.4) is 0 Å². The predicted octanol–water partition coefficient (Wildman–Crippen LogP) is 4.09. The number of ketones is 1. The fraction of sp³-hybridized carbons (Fsp3) is 0.800. The Labute approximate surface area is 120 Å². The molecule has 3 unspecified atom stereocenters. The summed E-state index contributed by atoms with van der Waals surface area (Å²) in [7, 11) is 0. The summed E-state index contributed by atoms with van der Waals surface area (Å²) >= 11 is 1.27. The first-order chi connectivity index (χ1) is 8.80. The van der Waals surface area contributed by atoms with Gasteiger partial charge in [-0.3, -0.25) is 4.79 Å². The normalized spacial score (nSPS) is 28.4. The van der Waals surface area contributed by atoms with Crippen molar-refractivity contribution in [2.75, 3.05) is 0 Å². The standard InChI is InChI=1S/C15H24N2OS/c1-9-6-7-11(8-10(9)2)12(18)13-14(15(3,4)5)16-17-19-13/h9-11H,6-8H2,1-5H3. The summed E-state index contributed by atoms with van der Waals surface area (Å²) < 4.78 is 4.01. The first kappa shape index (κ1) is 14.6. The van der Waals surface area contributed by atoms with Gasteiger partial charge in [0, 0.05) is 11.3 Å². The minimum Gasteiger partial charge on any atom is -0.293 e. The van der Waals surface area contributed by atoms with Crippen LogP contribution in [0.5, 0.6) is 0 Å². The Hall–Kier alpha value is -0.770. The van der Waals surface area contributed by atoms with Crippen molar-refractivity contribution in [3.8, 4) is 0 Å². The van der Waals surface area contributed by atoms with Crippen molar-refractivity contribution in [1.29, 1.82) is 0 Å². The Morgan fingerprint density at radius 3 is 2.47 bits per heavy atom. The Balaban J connectivity index is 2.19. The van der Waals surface area contributed by atoms with E-state index < -0.39 is 0 Å². The highest BCUT2D eigenvalue weighted by molar-refractivity contribution is 7.08. The zero-order valence-electron chi connectivity index (χ0n) is 12.6. The van der Waals surface area contributed by atoms with E-state index in [-0.39, 0.29) is 17.1 Å². The summed E-state index contributed by atoms with van der Waals surface area (Å²) in [6, 6.07) is 0. The van der Waals surface area contributed by atoms with Crippen LogP contribution >= 0.6 is 11.5 Å². The molecule has 0 radical (unpaired) electrons. The van der Waals surface area contributed by atoms with Crippen LogP contribution in [0.25, 0.3) is 0 Å². The van der Waals surface area contributed by atoms with Crippen LogP contribution in [0.15, 0.2) is 0 Å². The Kier molecular flexibility index (Phi) is 4.09. The maximum atomic E-state index is 12.7. The fourth-order valence-corrected chi connectivity index (χ4v) is 3.71. The van der Waals surface area contributed by atoms with E-state index in [0.29, 0.717) is 5.92 Å². The molecule has 1 aliphatic rings. The quantitative estimate of drug-likeness (QED) is 0.766.